The Kier molecular flexibility index (Phi) is 2.87. The highest BCUT2D eigenvalue weighted by molar-refractivity contribution is 5.45. The summed E-state index contributed by atoms with van der Waals surface area (Å²) < 4.78 is 6.71. The first kappa shape index (κ1) is 11.3. The van der Waals surface area contributed by atoms with Crippen molar-refractivity contribution in [2.75, 3.05) is 12.8 Å². The number of aryl methyl sites for hydroxylation is 1. The van der Waals surface area contributed by atoms with E-state index in [1.54, 1.807) is 23.8 Å². The molecule has 4 nitrogen and oxygen atoms in total. The summed E-state index contributed by atoms with van der Waals surface area (Å²) in [6.45, 7) is 1.86. The minimum Gasteiger partial charge on any atom is -0.497 e. The maximum absolute atomic E-state index is 12.0. The highest BCUT2D eigenvalue weighted by Crippen LogP contribution is 2.16. The molecule has 0 aliphatic rings. The maximum Gasteiger partial charge on any atom is 0.278 e. The van der Waals surface area contributed by atoms with Crippen molar-refractivity contribution in [1.29, 1.82) is 0 Å². The highest BCUT2D eigenvalue weighted by atomic mass is 16.5. The SMILES string of the molecule is COc1cccc(-n2c(C)ccc(N)c2=O)c1. The van der Waals surface area contributed by atoms with Crippen molar-refractivity contribution in [3.63, 3.8) is 0 Å². The molecule has 0 aliphatic heterocycles. The Morgan fingerprint density at radius 3 is 2.71 bits per heavy atom. The molecule has 1 aromatic carbocycles. The van der Waals surface area contributed by atoms with E-state index in [-0.39, 0.29) is 11.2 Å². The molecule has 0 amide bonds. The van der Waals surface area contributed by atoms with Crippen molar-refractivity contribution in [3.05, 3.63) is 52.4 Å². The van der Waals surface area contributed by atoms with Gasteiger partial charge in [-0.1, -0.05) is 6.07 Å². The molecule has 2 aromatic rings. The normalized spacial score (nSPS) is 10.2. The van der Waals surface area contributed by atoms with Crippen LogP contribution in [0.25, 0.3) is 5.69 Å². The monoisotopic (exact) mass is 230 g/mol. The number of hydrogen-bond donors (Lipinski definition) is 1. The van der Waals surface area contributed by atoms with Crippen LogP contribution < -0.4 is 16.0 Å². The highest BCUT2D eigenvalue weighted by Gasteiger charge is 2.06. The first-order valence-corrected chi connectivity index (χ1v) is 5.26. The van der Waals surface area contributed by atoms with Gasteiger partial charge in [-0.15, -0.1) is 0 Å². The van der Waals surface area contributed by atoms with E-state index in [2.05, 4.69) is 0 Å². The lowest BCUT2D eigenvalue weighted by Gasteiger charge is -2.11. The summed E-state index contributed by atoms with van der Waals surface area (Å²) in [7, 11) is 1.59. The molecule has 1 aromatic heterocycles. The number of nitrogen functional groups attached to an aromatic ring is 1. The van der Waals surface area contributed by atoms with E-state index in [9.17, 15) is 4.79 Å². The van der Waals surface area contributed by atoms with Gasteiger partial charge in [0.1, 0.15) is 5.75 Å². The van der Waals surface area contributed by atoms with Crippen molar-refractivity contribution in [2.24, 2.45) is 0 Å². The molecule has 0 unspecified atom stereocenters. The molecule has 0 bridgehead atoms. The standard InChI is InChI=1S/C13H14N2O2/c1-9-6-7-12(14)13(16)15(9)10-4-3-5-11(8-10)17-2/h3-8H,14H2,1-2H3. The number of nitrogens with zero attached hydrogens (tertiary/aromatic N) is 1. The number of benzene rings is 1. The average Bonchev–Trinajstić information content (AvgIpc) is 2.35. The summed E-state index contributed by atoms with van der Waals surface area (Å²) in [5.74, 6) is 0.705. The van der Waals surface area contributed by atoms with Crippen LogP contribution in [0.1, 0.15) is 5.69 Å². The predicted molar refractivity (Wildman–Crippen MR) is 67.7 cm³/mol. The fourth-order valence-electron chi connectivity index (χ4n) is 1.72. The van der Waals surface area contributed by atoms with E-state index in [1.165, 1.54) is 0 Å². The summed E-state index contributed by atoms with van der Waals surface area (Å²) in [5, 5.41) is 0. The van der Waals surface area contributed by atoms with E-state index in [4.69, 9.17) is 10.5 Å². The number of nitrogens with two attached hydrogens (primary N) is 1. The second-order valence-corrected chi connectivity index (χ2v) is 3.77. The van der Waals surface area contributed by atoms with Crippen molar-refractivity contribution in [2.45, 2.75) is 6.92 Å². The Morgan fingerprint density at radius 1 is 1.24 bits per heavy atom. The van der Waals surface area contributed by atoms with Gasteiger partial charge in [-0.25, -0.2) is 0 Å². The van der Waals surface area contributed by atoms with Gasteiger partial charge in [-0.3, -0.25) is 9.36 Å². The van der Waals surface area contributed by atoms with Gasteiger partial charge < -0.3 is 10.5 Å². The van der Waals surface area contributed by atoms with Crippen LogP contribution in [0.4, 0.5) is 5.69 Å². The number of rotatable bonds is 2. The number of pyridine rings is 1. The molecule has 0 atom stereocenters. The molecule has 2 rings (SSSR count). The van der Waals surface area contributed by atoms with Gasteiger partial charge in [0.15, 0.2) is 0 Å². The number of anilines is 1. The van der Waals surface area contributed by atoms with Gasteiger partial charge in [-0.05, 0) is 31.2 Å². The van der Waals surface area contributed by atoms with Gasteiger partial charge in [0, 0.05) is 11.8 Å². The number of hydrogen-bond acceptors (Lipinski definition) is 3. The zero-order valence-electron chi connectivity index (χ0n) is 9.81. The lowest BCUT2D eigenvalue weighted by atomic mass is 10.2. The Labute approximate surface area is 99.3 Å². The minimum absolute atomic E-state index is 0.210. The predicted octanol–water partition coefficient (Wildman–Crippen LogP) is 1.74. The molecule has 1 heterocycles. The first-order chi connectivity index (χ1) is 8.13. The third-order valence-electron chi connectivity index (χ3n) is 2.62. The van der Waals surface area contributed by atoms with E-state index in [0.29, 0.717) is 5.75 Å². The molecule has 0 saturated heterocycles. The van der Waals surface area contributed by atoms with Crippen LogP contribution in [-0.4, -0.2) is 11.7 Å². The Morgan fingerprint density at radius 2 is 2.00 bits per heavy atom. The van der Waals surface area contributed by atoms with Crippen molar-refractivity contribution < 1.29 is 4.74 Å². The van der Waals surface area contributed by atoms with Crippen LogP contribution >= 0.6 is 0 Å². The Hall–Kier alpha value is -2.23. The molecule has 0 spiro atoms. The minimum atomic E-state index is -0.210. The van der Waals surface area contributed by atoms with Crippen molar-refractivity contribution in [3.8, 4) is 11.4 Å². The van der Waals surface area contributed by atoms with E-state index in [1.807, 2.05) is 31.2 Å². The lowest BCUT2D eigenvalue weighted by molar-refractivity contribution is 0.414. The largest absolute Gasteiger partial charge is 0.497 e. The summed E-state index contributed by atoms with van der Waals surface area (Å²) >= 11 is 0. The van der Waals surface area contributed by atoms with Crippen LogP contribution in [0.2, 0.25) is 0 Å². The van der Waals surface area contributed by atoms with Gasteiger partial charge in [0.05, 0.1) is 18.5 Å². The molecule has 0 aliphatic carbocycles. The third-order valence-corrected chi connectivity index (χ3v) is 2.62. The lowest BCUT2D eigenvalue weighted by Crippen LogP contribution is -2.22. The molecule has 2 N–H and O–H groups in total. The van der Waals surface area contributed by atoms with Crippen LogP contribution in [-0.2, 0) is 0 Å². The molecular weight excluding hydrogens is 216 g/mol. The molecular formula is C13H14N2O2. The van der Waals surface area contributed by atoms with Gasteiger partial charge in [-0.2, -0.15) is 0 Å². The summed E-state index contributed by atoms with van der Waals surface area (Å²) in [6.07, 6.45) is 0. The zero-order chi connectivity index (χ0) is 12.4. The Balaban J connectivity index is 2.68. The van der Waals surface area contributed by atoms with Gasteiger partial charge in [0.25, 0.3) is 5.56 Å². The second kappa shape index (κ2) is 4.33. The van der Waals surface area contributed by atoms with Gasteiger partial charge >= 0.3 is 0 Å². The number of ether oxygens (including phenoxy) is 1. The van der Waals surface area contributed by atoms with Crippen LogP contribution in [0.15, 0.2) is 41.2 Å². The topological polar surface area (TPSA) is 57.2 Å². The quantitative estimate of drug-likeness (QED) is 0.854. The zero-order valence-corrected chi connectivity index (χ0v) is 9.81. The fraction of sp³-hybridized carbons (Fsp3) is 0.154. The Bertz CT molecular complexity index is 603. The van der Waals surface area contributed by atoms with Crippen molar-refractivity contribution >= 4 is 5.69 Å². The van der Waals surface area contributed by atoms with E-state index in [0.717, 1.165) is 11.4 Å². The number of methoxy groups -OCH3 is 1. The molecule has 88 valence electrons. The molecule has 0 fully saturated rings. The van der Waals surface area contributed by atoms with Crippen LogP contribution in [0.5, 0.6) is 5.75 Å². The second-order valence-electron chi connectivity index (χ2n) is 3.77. The van der Waals surface area contributed by atoms with Crippen LogP contribution in [0.3, 0.4) is 0 Å². The molecule has 4 heteroatoms. The fourth-order valence-corrected chi connectivity index (χ4v) is 1.72. The third kappa shape index (κ3) is 2.01. The first-order valence-electron chi connectivity index (χ1n) is 5.26. The number of aromatic nitrogens is 1. The molecule has 0 saturated carbocycles. The summed E-state index contributed by atoms with van der Waals surface area (Å²) in [4.78, 5) is 12.0. The summed E-state index contributed by atoms with van der Waals surface area (Å²) in [6, 6.07) is 10.7. The van der Waals surface area contributed by atoms with E-state index >= 15 is 0 Å². The smallest absolute Gasteiger partial charge is 0.278 e. The maximum atomic E-state index is 12.0. The van der Waals surface area contributed by atoms with Crippen molar-refractivity contribution in [1.82, 2.24) is 4.57 Å². The average molecular weight is 230 g/mol. The molecule has 17 heavy (non-hydrogen) atoms. The van der Waals surface area contributed by atoms with Crippen LogP contribution in [0, 0.1) is 6.92 Å². The van der Waals surface area contributed by atoms with E-state index < -0.39 is 0 Å². The molecule has 0 radical (unpaired) electrons. The summed E-state index contributed by atoms with van der Waals surface area (Å²) in [5.41, 5.74) is 7.24. The van der Waals surface area contributed by atoms with Gasteiger partial charge in [0.2, 0.25) is 0 Å².